The van der Waals surface area contributed by atoms with E-state index in [0.717, 1.165) is 25.1 Å². The SMILES string of the molecule is CCC(=O)N[C@H]1C[C@@H](n2cnc3c(NCCc4ccc(S(N)(=O)=O)cc4)nc(N4CC[C@@H](N(C)C)C4)nc32)[C@H](O)[C@@H]1O.O=C(O)C(F)(F)F. The van der Waals surface area contributed by atoms with E-state index >= 15 is 0 Å². The maximum absolute atomic E-state index is 12.0. The third-order valence-corrected chi connectivity index (χ3v) is 9.39. The zero-order chi connectivity index (χ0) is 36.3. The molecule has 16 nitrogen and oxygen atoms in total. The Morgan fingerprint density at radius 2 is 1.78 bits per heavy atom. The van der Waals surface area contributed by atoms with Crippen LogP contribution in [0, 0.1) is 0 Å². The number of hydrogen-bond donors (Lipinski definition) is 6. The van der Waals surface area contributed by atoms with Crippen molar-refractivity contribution in [2.24, 2.45) is 5.14 Å². The zero-order valence-electron chi connectivity index (χ0n) is 27.0. The number of carboxylic acids is 1. The van der Waals surface area contributed by atoms with E-state index in [9.17, 15) is 36.6 Å². The maximum atomic E-state index is 12.0. The second kappa shape index (κ2) is 15.2. The van der Waals surface area contributed by atoms with Gasteiger partial charge in [-0.05, 0) is 51.1 Å². The Labute approximate surface area is 280 Å². The van der Waals surface area contributed by atoms with Gasteiger partial charge in [0.2, 0.25) is 21.9 Å². The Bertz CT molecular complexity index is 1740. The van der Waals surface area contributed by atoms with Gasteiger partial charge < -0.3 is 40.3 Å². The summed E-state index contributed by atoms with van der Waals surface area (Å²) in [5.41, 5.74) is 1.96. The molecule has 1 aromatic carbocycles. The molecule has 0 spiro atoms. The molecular formula is C29H40F3N9O7S. The summed E-state index contributed by atoms with van der Waals surface area (Å²) >= 11 is 0. The first-order valence-electron chi connectivity index (χ1n) is 15.4. The third-order valence-electron chi connectivity index (χ3n) is 8.46. The highest BCUT2D eigenvalue weighted by atomic mass is 32.2. The number of nitrogens with zero attached hydrogens (tertiary/aromatic N) is 6. The quantitative estimate of drug-likeness (QED) is 0.168. The first-order valence-corrected chi connectivity index (χ1v) is 16.9. The number of aliphatic hydroxyl groups excluding tert-OH is 2. The second-order valence-electron chi connectivity index (χ2n) is 12.0. The summed E-state index contributed by atoms with van der Waals surface area (Å²) in [7, 11) is 0.346. The van der Waals surface area contributed by atoms with Crippen molar-refractivity contribution < 1.29 is 46.5 Å². The summed E-state index contributed by atoms with van der Waals surface area (Å²) < 4.78 is 56.6. The Hall–Kier alpha value is -4.11. The number of nitrogens with two attached hydrogens (primary N) is 1. The first kappa shape index (κ1) is 37.7. The molecule has 2 aromatic heterocycles. The number of carbonyl (C=O) groups is 2. The molecule has 2 fully saturated rings. The number of likely N-dealkylation sites (N-methyl/N-ethyl adjacent to an activating group) is 1. The van der Waals surface area contributed by atoms with Crippen molar-refractivity contribution in [3.63, 3.8) is 0 Å². The van der Waals surface area contributed by atoms with Crippen molar-refractivity contribution in [1.82, 2.24) is 29.7 Å². The summed E-state index contributed by atoms with van der Waals surface area (Å²) in [6.07, 6.45) is -3.57. The minimum absolute atomic E-state index is 0.0595. The number of carboxylic acid groups (broad SMARTS) is 1. The zero-order valence-corrected chi connectivity index (χ0v) is 27.8. The van der Waals surface area contributed by atoms with Crippen LogP contribution in [-0.2, 0) is 26.0 Å². The largest absolute Gasteiger partial charge is 0.490 e. The topological polar surface area (TPSA) is 229 Å². The Kier molecular flexibility index (Phi) is 11.7. The van der Waals surface area contributed by atoms with Gasteiger partial charge in [-0.3, -0.25) is 4.79 Å². The van der Waals surface area contributed by atoms with Gasteiger partial charge in [0.15, 0.2) is 17.0 Å². The number of halogens is 3. The molecule has 3 aromatic rings. The molecule has 0 unspecified atom stereocenters. The molecule has 7 N–H and O–H groups in total. The van der Waals surface area contributed by atoms with Crippen LogP contribution in [0.1, 0.15) is 37.8 Å². The number of aliphatic hydroxyl groups is 2. The number of amides is 1. The Morgan fingerprint density at radius 1 is 1.12 bits per heavy atom. The lowest BCUT2D eigenvalue weighted by Gasteiger charge is -2.22. The monoisotopic (exact) mass is 715 g/mol. The number of fused-ring (bicyclic) bond motifs is 1. The fourth-order valence-corrected chi connectivity index (χ4v) is 6.18. The summed E-state index contributed by atoms with van der Waals surface area (Å²) in [6.45, 7) is 3.77. The lowest BCUT2D eigenvalue weighted by atomic mass is 10.1. The highest BCUT2D eigenvalue weighted by Gasteiger charge is 2.44. The van der Waals surface area contributed by atoms with E-state index < -0.39 is 46.5 Å². The van der Waals surface area contributed by atoms with Crippen LogP contribution in [0.25, 0.3) is 11.2 Å². The van der Waals surface area contributed by atoms with E-state index in [-0.39, 0.29) is 17.2 Å². The maximum Gasteiger partial charge on any atom is 0.490 e. The second-order valence-corrected chi connectivity index (χ2v) is 13.6. The summed E-state index contributed by atoms with van der Waals surface area (Å²) in [5, 5.41) is 40.2. The van der Waals surface area contributed by atoms with Gasteiger partial charge in [-0.2, -0.15) is 23.1 Å². The first-order chi connectivity index (χ1) is 22.9. The molecule has 1 aliphatic heterocycles. The average molecular weight is 716 g/mol. The van der Waals surface area contributed by atoms with Crippen LogP contribution in [-0.4, -0.2) is 124 Å². The van der Waals surface area contributed by atoms with E-state index in [1.54, 1.807) is 30.0 Å². The predicted molar refractivity (Wildman–Crippen MR) is 171 cm³/mol. The molecule has 49 heavy (non-hydrogen) atoms. The van der Waals surface area contributed by atoms with Gasteiger partial charge in [-0.15, -0.1) is 0 Å². The summed E-state index contributed by atoms with van der Waals surface area (Å²) in [5.74, 6) is -1.88. The highest BCUT2D eigenvalue weighted by Crippen LogP contribution is 2.35. The van der Waals surface area contributed by atoms with Crippen LogP contribution in [0.3, 0.4) is 0 Å². The minimum atomic E-state index is -5.08. The number of nitrogens with one attached hydrogen (secondary N) is 2. The number of aliphatic carboxylic acids is 1. The molecule has 20 heteroatoms. The summed E-state index contributed by atoms with van der Waals surface area (Å²) in [4.78, 5) is 39.6. The van der Waals surface area contributed by atoms with E-state index in [4.69, 9.17) is 25.0 Å². The smallest absolute Gasteiger partial charge is 0.475 e. The van der Waals surface area contributed by atoms with Gasteiger partial charge in [0.05, 0.1) is 23.3 Å². The number of primary sulfonamides is 1. The van der Waals surface area contributed by atoms with Crippen LogP contribution >= 0.6 is 0 Å². The van der Waals surface area contributed by atoms with Crippen molar-refractivity contribution in [3.8, 4) is 0 Å². The lowest BCUT2D eigenvalue weighted by molar-refractivity contribution is -0.192. The van der Waals surface area contributed by atoms with Crippen LogP contribution in [0.2, 0.25) is 0 Å². The molecule has 1 amide bonds. The number of imidazole rings is 1. The number of sulfonamides is 1. The number of aromatic nitrogens is 4. The van der Waals surface area contributed by atoms with Gasteiger partial charge in [0.25, 0.3) is 0 Å². The third kappa shape index (κ3) is 9.12. The number of rotatable bonds is 10. The van der Waals surface area contributed by atoms with Crippen molar-refractivity contribution in [1.29, 1.82) is 0 Å². The van der Waals surface area contributed by atoms with Crippen molar-refractivity contribution in [3.05, 3.63) is 36.2 Å². The summed E-state index contributed by atoms with van der Waals surface area (Å²) in [6, 6.07) is 5.65. The molecule has 1 saturated carbocycles. The van der Waals surface area contributed by atoms with Crippen LogP contribution in [0.5, 0.6) is 0 Å². The van der Waals surface area contributed by atoms with Crippen molar-refractivity contribution in [2.45, 2.75) is 74.0 Å². The standard InChI is InChI=1S/C27H39N9O5S.C2HF3O2/c1-4-21(37)31-19-13-20(24(39)23(19)38)36-15-30-22-25(29-11-9-16-5-7-18(8-6-16)42(28,40)41)32-27(33-26(22)36)35-12-10-17(14-35)34(2)3;3-2(4,5)1(6)7/h5-8,15,17,19-20,23-24,38-39H,4,9-14H2,1-3H3,(H,31,37)(H2,28,40,41)(H,29,32,33);(H,6,7)/t17-,19+,20-,23-,24+;/m1./s1. The van der Waals surface area contributed by atoms with Gasteiger partial charge in [-0.25, -0.2) is 23.3 Å². The van der Waals surface area contributed by atoms with E-state index in [0.29, 0.717) is 48.4 Å². The molecule has 1 saturated heterocycles. The van der Waals surface area contributed by atoms with Crippen LogP contribution in [0.15, 0.2) is 35.5 Å². The van der Waals surface area contributed by atoms with Gasteiger partial charge in [0.1, 0.15) is 12.2 Å². The van der Waals surface area contributed by atoms with Crippen LogP contribution in [0.4, 0.5) is 24.9 Å². The number of hydrogen-bond acceptors (Lipinski definition) is 12. The van der Waals surface area contributed by atoms with Crippen LogP contribution < -0.4 is 20.7 Å². The molecule has 3 heterocycles. The number of carbonyl (C=O) groups excluding carboxylic acids is 1. The molecule has 0 bridgehead atoms. The minimum Gasteiger partial charge on any atom is -0.475 e. The molecule has 5 rings (SSSR count). The predicted octanol–water partition coefficient (Wildman–Crippen LogP) is 0.463. The van der Waals surface area contributed by atoms with Gasteiger partial charge in [0, 0.05) is 32.1 Å². The number of anilines is 2. The fourth-order valence-electron chi connectivity index (χ4n) is 5.66. The number of benzene rings is 1. The lowest BCUT2D eigenvalue weighted by Crippen LogP contribution is -2.42. The molecule has 270 valence electrons. The van der Waals surface area contributed by atoms with E-state index in [2.05, 4.69) is 39.5 Å². The normalized spacial score (nSPS) is 22.7. The highest BCUT2D eigenvalue weighted by molar-refractivity contribution is 7.89. The molecule has 0 radical (unpaired) electrons. The van der Waals surface area contributed by atoms with Gasteiger partial charge >= 0.3 is 12.1 Å². The molecule has 1 aliphatic carbocycles. The van der Waals surface area contributed by atoms with E-state index in [1.165, 1.54) is 12.1 Å². The van der Waals surface area contributed by atoms with Crippen molar-refractivity contribution in [2.75, 3.05) is 43.9 Å². The number of alkyl halides is 3. The van der Waals surface area contributed by atoms with Gasteiger partial charge in [-0.1, -0.05) is 19.1 Å². The van der Waals surface area contributed by atoms with Crippen molar-refractivity contribution >= 4 is 44.8 Å². The molecule has 5 atom stereocenters. The Balaban J connectivity index is 0.000000698. The molecule has 2 aliphatic rings. The molecular weight excluding hydrogens is 675 g/mol. The Morgan fingerprint density at radius 3 is 2.33 bits per heavy atom. The van der Waals surface area contributed by atoms with E-state index in [1.807, 2.05) is 0 Å². The fraction of sp³-hybridized carbons (Fsp3) is 0.552. The average Bonchev–Trinajstić information content (AvgIpc) is 3.76.